The number of rotatable bonds is 7. The lowest BCUT2D eigenvalue weighted by atomic mass is 10.2. The molecule has 0 amide bonds. The van der Waals surface area contributed by atoms with Crippen LogP contribution in [-0.2, 0) is 11.3 Å². The van der Waals surface area contributed by atoms with Gasteiger partial charge in [-0.25, -0.2) is 9.37 Å². The van der Waals surface area contributed by atoms with Gasteiger partial charge in [0.2, 0.25) is 5.89 Å². The molecule has 1 aromatic carbocycles. The highest BCUT2D eigenvalue weighted by molar-refractivity contribution is 5.69. The van der Waals surface area contributed by atoms with Crippen LogP contribution in [0.15, 0.2) is 47.5 Å². The molecule has 110 valence electrons. The Morgan fingerprint density at radius 1 is 1.43 bits per heavy atom. The number of aliphatic carboxylic acids is 1. The zero-order valence-corrected chi connectivity index (χ0v) is 11.3. The summed E-state index contributed by atoms with van der Waals surface area (Å²) in [5.41, 5.74) is 0.712. The molecular formula is C15H15FN2O3. The highest BCUT2D eigenvalue weighted by Crippen LogP contribution is 2.21. The maximum Gasteiger partial charge on any atom is 0.317 e. The second-order valence-electron chi connectivity index (χ2n) is 4.48. The molecular weight excluding hydrogens is 275 g/mol. The van der Waals surface area contributed by atoms with Gasteiger partial charge in [0.1, 0.15) is 5.82 Å². The molecule has 0 saturated carbocycles. The van der Waals surface area contributed by atoms with Crippen LogP contribution in [0.2, 0.25) is 0 Å². The zero-order chi connectivity index (χ0) is 15.2. The summed E-state index contributed by atoms with van der Waals surface area (Å²) in [4.78, 5) is 16.5. The first kappa shape index (κ1) is 14.9. The van der Waals surface area contributed by atoms with E-state index in [9.17, 15) is 9.18 Å². The number of aromatic nitrogens is 1. The fourth-order valence-corrected chi connectivity index (χ4v) is 1.88. The van der Waals surface area contributed by atoms with E-state index in [2.05, 4.69) is 11.6 Å². The number of carboxylic acid groups (broad SMARTS) is 1. The third-order valence-electron chi connectivity index (χ3n) is 2.79. The van der Waals surface area contributed by atoms with Crippen molar-refractivity contribution in [2.24, 2.45) is 0 Å². The molecule has 0 bridgehead atoms. The molecule has 0 aliphatic rings. The summed E-state index contributed by atoms with van der Waals surface area (Å²) in [7, 11) is 0. The van der Waals surface area contributed by atoms with Crippen LogP contribution in [0.1, 0.15) is 5.89 Å². The van der Waals surface area contributed by atoms with E-state index in [-0.39, 0.29) is 18.9 Å². The van der Waals surface area contributed by atoms with Crippen molar-refractivity contribution in [2.45, 2.75) is 6.54 Å². The fourth-order valence-electron chi connectivity index (χ4n) is 1.88. The number of nitrogens with zero attached hydrogens (tertiary/aromatic N) is 2. The molecule has 0 radical (unpaired) electrons. The summed E-state index contributed by atoms with van der Waals surface area (Å²) in [6, 6.07) is 5.87. The maximum atomic E-state index is 12.9. The normalized spacial score (nSPS) is 10.8. The summed E-state index contributed by atoms with van der Waals surface area (Å²) in [5, 5.41) is 8.84. The quantitative estimate of drug-likeness (QED) is 0.794. The van der Waals surface area contributed by atoms with Crippen molar-refractivity contribution in [3.05, 3.63) is 54.8 Å². The molecule has 2 aromatic rings. The Hall–Kier alpha value is -2.47. The number of oxazole rings is 1. The number of hydrogen-bond donors (Lipinski definition) is 1. The standard InChI is InChI=1S/C15H15FN2O3/c1-2-7-18(10-15(19)20)9-14-17-8-13(21-14)11-3-5-12(16)6-4-11/h2-6,8H,1,7,9-10H2,(H,19,20). The molecule has 0 unspecified atom stereocenters. The molecule has 0 aliphatic heterocycles. The number of halogens is 1. The van der Waals surface area contributed by atoms with Crippen LogP contribution in [-0.4, -0.2) is 34.0 Å². The number of carboxylic acids is 1. The van der Waals surface area contributed by atoms with Crippen molar-refractivity contribution in [3.63, 3.8) is 0 Å². The van der Waals surface area contributed by atoms with Gasteiger partial charge in [-0.2, -0.15) is 0 Å². The lowest BCUT2D eigenvalue weighted by molar-refractivity contribution is -0.138. The molecule has 6 heteroatoms. The van der Waals surface area contributed by atoms with Crippen LogP contribution >= 0.6 is 0 Å². The van der Waals surface area contributed by atoms with Gasteiger partial charge < -0.3 is 9.52 Å². The van der Waals surface area contributed by atoms with Crippen molar-refractivity contribution in [1.29, 1.82) is 0 Å². The number of benzene rings is 1. The lowest BCUT2D eigenvalue weighted by Gasteiger charge is -2.15. The van der Waals surface area contributed by atoms with Crippen molar-refractivity contribution in [3.8, 4) is 11.3 Å². The van der Waals surface area contributed by atoms with Crippen molar-refractivity contribution in [2.75, 3.05) is 13.1 Å². The minimum atomic E-state index is -0.929. The Labute approximate surface area is 121 Å². The van der Waals surface area contributed by atoms with Gasteiger partial charge in [-0.3, -0.25) is 9.69 Å². The van der Waals surface area contributed by atoms with E-state index in [1.807, 2.05) is 0 Å². The first-order valence-electron chi connectivity index (χ1n) is 6.34. The average Bonchev–Trinajstić information content (AvgIpc) is 2.87. The zero-order valence-electron chi connectivity index (χ0n) is 11.3. The molecule has 0 saturated heterocycles. The minimum absolute atomic E-state index is 0.125. The Morgan fingerprint density at radius 3 is 2.76 bits per heavy atom. The third-order valence-corrected chi connectivity index (χ3v) is 2.79. The molecule has 1 N–H and O–H groups in total. The first-order chi connectivity index (χ1) is 10.1. The molecule has 1 aromatic heterocycles. The molecule has 0 spiro atoms. The van der Waals surface area contributed by atoms with Crippen molar-refractivity contribution < 1.29 is 18.7 Å². The molecule has 0 atom stereocenters. The van der Waals surface area contributed by atoms with E-state index in [4.69, 9.17) is 9.52 Å². The summed E-state index contributed by atoms with van der Waals surface area (Å²) in [6.07, 6.45) is 3.15. The second-order valence-corrected chi connectivity index (χ2v) is 4.48. The Balaban J connectivity index is 2.09. The van der Waals surface area contributed by atoms with Gasteiger partial charge in [0, 0.05) is 12.1 Å². The fraction of sp³-hybridized carbons (Fsp3) is 0.200. The largest absolute Gasteiger partial charge is 0.480 e. The van der Waals surface area contributed by atoms with E-state index in [1.54, 1.807) is 23.1 Å². The lowest BCUT2D eigenvalue weighted by Crippen LogP contribution is -2.29. The molecule has 2 rings (SSSR count). The highest BCUT2D eigenvalue weighted by atomic mass is 19.1. The van der Waals surface area contributed by atoms with Crippen LogP contribution in [0.3, 0.4) is 0 Å². The average molecular weight is 290 g/mol. The van der Waals surface area contributed by atoms with E-state index < -0.39 is 5.97 Å². The van der Waals surface area contributed by atoms with E-state index in [0.717, 1.165) is 0 Å². The minimum Gasteiger partial charge on any atom is -0.480 e. The Bertz CT molecular complexity index is 622. The van der Waals surface area contributed by atoms with Gasteiger partial charge in [-0.05, 0) is 24.3 Å². The van der Waals surface area contributed by atoms with E-state index >= 15 is 0 Å². The van der Waals surface area contributed by atoms with Gasteiger partial charge in [0.25, 0.3) is 0 Å². The van der Waals surface area contributed by atoms with Crippen LogP contribution in [0.25, 0.3) is 11.3 Å². The van der Waals surface area contributed by atoms with Gasteiger partial charge in [-0.15, -0.1) is 6.58 Å². The monoisotopic (exact) mass is 290 g/mol. The van der Waals surface area contributed by atoms with Crippen LogP contribution < -0.4 is 0 Å². The summed E-state index contributed by atoms with van der Waals surface area (Å²) < 4.78 is 18.4. The van der Waals surface area contributed by atoms with Crippen molar-refractivity contribution >= 4 is 5.97 Å². The van der Waals surface area contributed by atoms with E-state index in [0.29, 0.717) is 23.8 Å². The van der Waals surface area contributed by atoms with E-state index in [1.165, 1.54) is 18.3 Å². The number of hydrogen-bond acceptors (Lipinski definition) is 4. The van der Waals surface area contributed by atoms with Crippen LogP contribution in [0, 0.1) is 5.82 Å². The van der Waals surface area contributed by atoms with Gasteiger partial charge in [0.15, 0.2) is 5.76 Å². The topological polar surface area (TPSA) is 66.6 Å². The molecule has 1 heterocycles. The summed E-state index contributed by atoms with van der Waals surface area (Å²) in [5.74, 6) is -0.337. The molecule has 5 nitrogen and oxygen atoms in total. The van der Waals surface area contributed by atoms with Crippen LogP contribution in [0.5, 0.6) is 0 Å². The first-order valence-corrected chi connectivity index (χ1v) is 6.34. The molecule has 21 heavy (non-hydrogen) atoms. The summed E-state index contributed by atoms with van der Waals surface area (Å²) >= 11 is 0. The van der Waals surface area contributed by atoms with Gasteiger partial charge in [0.05, 0.1) is 19.3 Å². The second kappa shape index (κ2) is 6.81. The molecule has 0 fully saturated rings. The Morgan fingerprint density at radius 2 is 2.14 bits per heavy atom. The van der Waals surface area contributed by atoms with Crippen LogP contribution in [0.4, 0.5) is 4.39 Å². The van der Waals surface area contributed by atoms with Gasteiger partial charge >= 0.3 is 5.97 Å². The van der Waals surface area contributed by atoms with Gasteiger partial charge in [-0.1, -0.05) is 6.08 Å². The highest BCUT2D eigenvalue weighted by Gasteiger charge is 2.13. The van der Waals surface area contributed by atoms with Crippen molar-refractivity contribution in [1.82, 2.24) is 9.88 Å². The maximum absolute atomic E-state index is 12.9. The Kier molecular flexibility index (Phi) is 4.84. The number of carbonyl (C=O) groups is 1. The predicted octanol–water partition coefficient (Wildman–Crippen LogP) is 2.55. The predicted molar refractivity (Wildman–Crippen MR) is 75.0 cm³/mol. The SMILES string of the molecule is C=CCN(CC(=O)O)Cc1ncc(-c2ccc(F)cc2)o1. The third kappa shape index (κ3) is 4.25. The molecule has 0 aliphatic carbocycles. The summed E-state index contributed by atoms with van der Waals surface area (Å²) in [6.45, 7) is 4.15. The smallest absolute Gasteiger partial charge is 0.317 e.